The minimum atomic E-state index is -1.52. The van der Waals surface area contributed by atoms with Crippen molar-refractivity contribution in [1.82, 2.24) is 10.1 Å². The van der Waals surface area contributed by atoms with Gasteiger partial charge < -0.3 is 9.68 Å². The number of rotatable bonds is 8. The summed E-state index contributed by atoms with van der Waals surface area (Å²) in [5.41, 5.74) is 0.387. The Hall–Kier alpha value is -2.56. The second-order valence-corrected chi connectivity index (χ2v) is 7.31. The average molecular weight is 386 g/mol. The highest BCUT2D eigenvalue weighted by atomic mass is 32.2. The summed E-state index contributed by atoms with van der Waals surface area (Å²) in [6.07, 6.45) is 0.143. The van der Waals surface area contributed by atoms with E-state index in [9.17, 15) is 28.2 Å². The van der Waals surface area contributed by atoms with E-state index < -0.39 is 34.6 Å². The first-order valence-electron chi connectivity index (χ1n) is 7.91. The van der Waals surface area contributed by atoms with Gasteiger partial charge in [-0.1, -0.05) is 6.58 Å². The summed E-state index contributed by atoms with van der Waals surface area (Å²) in [6.45, 7) is 3.60. The molecule has 142 valence electrons. The summed E-state index contributed by atoms with van der Waals surface area (Å²) < 4.78 is 11.8. The van der Waals surface area contributed by atoms with Gasteiger partial charge in [-0.15, -0.1) is 10.1 Å². The monoisotopic (exact) mass is 386 g/mol. The predicted molar refractivity (Wildman–Crippen MR) is 85.6 cm³/mol. The first-order chi connectivity index (χ1) is 12.3. The molecular formula is C15H18N2O8S. The normalized spacial score (nSPS) is 18.5. The number of nitrogens with zero attached hydrogens (tertiary/aromatic N) is 2. The first-order valence-corrected chi connectivity index (χ1v) is 9.40. The van der Waals surface area contributed by atoms with Crippen molar-refractivity contribution in [1.29, 1.82) is 0 Å². The number of hydroxylamine groups is 4. The van der Waals surface area contributed by atoms with E-state index in [1.54, 1.807) is 0 Å². The molecule has 0 spiro atoms. The number of hydrogen-bond donors (Lipinski definition) is 0. The molecule has 0 aromatic heterocycles. The van der Waals surface area contributed by atoms with Crippen molar-refractivity contribution < 1.29 is 37.9 Å². The van der Waals surface area contributed by atoms with Gasteiger partial charge in [-0.2, -0.15) is 0 Å². The van der Waals surface area contributed by atoms with Gasteiger partial charge in [-0.05, 0) is 6.42 Å². The van der Waals surface area contributed by atoms with E-state index >= 15 is 0 Å². The van der Waals surface area contributed by atoms with Crippen molar-refractivity contribution in [3.8, 4) is 0 Å². The lowest BCUT2D eigenvalue weighted by Gasteiger charge is -2.15. The highest BCUT2D eigenvalue weighted by Crippen LogP contribution is 2.21. The molecule has 2 aliphatic rings. The van der Waals surface area contributed by atoms with Crippen LogP contribution in [0.1, 0.15) is 38.5 Å². The fourth-order valence-corrected chi connectivity index (χ4v) is 3.19. The molecule has 0 N–H and O–H groups in total. The van der Waals surface area contributed by atoms with Crippen molar-refractivity contribution in [3.63, 3.8) is 0 Å². The van der Waals surface area contributed by atoms with Crippen LogP contribution in [0.2, 0.25) is 0 Å². The van der Waals surface area contributed by atoms with E-state index in [1.807, 2.05) is 0 Å². The lowest BCUT2D eigenvalue weighted by Crippen LogP contribution is -2.32. The van der Waals surface area contributed by atoms with E-state index in [-0.39, 0.29) is 49.5 Å². The third kappa shape index (κ3) is 5.22. The molecule has 0 bridgehead atoms. The van der Waals surface area contributed by atoms with Crippen LogP contribution in [-0.4, -0.2) is 55.5 Å². The Morgan fingerprint density at radius 3 is 1.73 bits per heavy atom. The SMILES string of the molecule is C=C1CCC(=O)N1OC(=O)CCS(=O)CCC(=O)ON1C(=O)CCC1=O. The van der Waals surface area contributed by atoms with Crippen molar-refractivity contribution in [2.75, 3.05) is 11.5 Å². The molecule has 0 aliphatic carbocycles. The van der Waals surface area contributed by atoms with E-state index in [4.69, 9.17) is 4.84 Å². The molecule has 2 heterocycles. The molecule has 11 heteroatoms. The quantitative estimate of drug-likeness (QED) is 0.521. The first kappa shape index (κ1) is 19.8. The van der Waals surface area contributed by atoms with Crippen molar-refractivity contribution in [3.05, 3.63) is 12.3 Å². The number of carbonyl (C=O) groups excluding carboxylic acids is 5. The summed E-state index contributed by atoms with van der Waals surface area (Å²) in [5, 5.41) is 1.26. The maximum atomic E-state index is 11.8. The molecule has 0 saturated carbocycles. The lowest BCUT2D eigenvalue weighted by atomic mass is 10.3. The van der Waals surface area contributed by atoms with Crippen LogP contribution in [0.5, 0.6) is 0 Å². The predicted octanol–water partition coefficient (Wildman–Crippen LogP) is -0.283. The fraction of sp³-hybridized carbons (Fsp3) is 0.533. The molecule has 1 atom stereocenters. The summed E-state index contributed by atoms with van der Waals surface area (Å²) >= 11 is 0. The Kier molecular flexibility index (Phi) is 6.61. The molecule has 0 radical (unpaired) electrons. The number of amides is 3. The van der Waals surface area contributed by atoms with Gasteiger partial charge in [-0.25, -0.2) is 9.59 Å². The minimum absolute atomic E-state index is 0.00784. The van der Waals surface area contributed by atoms with Gasteiger partial charge in [0, 0.05) is 41.6 Å². The molecule has 10 nitrogen and oxygen atoms in total. The Bertz CT molecular complexity index is 601. The lowest BCUT2D eigenvalue weighted by molar-refractivity contribution is -0.197. The largest absolute Gasteiger partial charge is 0.334 e. The third-order valence-corrected chi connectivity index (χ3v) is 4.92. The summed E-state index contributed by atoms with van der Waals surface area (Å²) in [7, 11) is -1.52. The summed E-state index contributed by atoms with van der Waals surface area (Å²) in [6, 6.07) is 0. The summed E-state index contributed by atoms with van der Waals surface area (Å²) in [4.78, 5) is 66.8. The molecular weight excluding hydrogens is 368 g/mol. The van der Waals surface area contributed by atoms with Crippen molar-refractivity contribution in [2.45, 2.75) is 38.5 Å². The summed E-state index contributed by atoms with van der Waals surface area (Å²) in [5.74, 6) is -3.30. The van der Waals surface area contributed by atoms with Gasteiger partial charge in [0.05, 0.1) is 18.5 Å². The maximum Gasteiger partial charge on any atom is 0.334 e. The second-order valence-electron chi connectivity index (χ2n) is 5.61. The molecule has 2 rings (SSSR count). The van der Waals surface area contributed by atoms with Crippen molar-refractivity contribution in [2.24, 2.45) is 0 Å². The Labute approximate surface area is 151 Å². The van der Waals surface area contributed by atoms with E-state index in [1.165, 1.54) is 0 Å². The standard InChI is InChI=1S/C15H18N2O8S/c1-10-2-3-11(18)16(10)24-14(21)6-8-26(23)9-7-15(22)25-17-12(19)4-5-13(17)20/h1-9H2. The molecule has 0 aromatic carbocycles. The van der Waals surface area contributed by atoms with Crippen LogP contribution >= 0.6 is 0 Å². The van der Waals surface area contributed by atoms with Crippen LogP contribution in [0, 0.1) is 0 Å². The van der Waals surface area contributed by atoms with Gasteiger partial charge in [-0.3, -0.25) is 18.6 Å². The molecule has 0 aromatic rings. The molecule has 2 saturated heterocycles. The zero-order valence-corrected chi connectivity index (χ0v) is 14.7. The minimum Gasteiger partial charge on any atom is -0.333 e. The zero-order chi connectivity index (χ0) is 19.3. The van der Waals surface area contributed by atoms with Gasteiger partial charge in [0.25, 0.3) is 17.7 Å². The van der Waals surface area contributed by atoms with Gasteiger partial charge >= 0.3 is 11.9 Å². The van der Waals surface area contributed by atoms with E-state index in [0.717, 1.165) is 5.06 Å². The van der Waals surface area contributed by atoms with Crippen LogP contribution in [0.15, 0.2) is 12.3 Å². The number of carbonyl (C=O) groups is 5. The highest BCUT2D eigenvalue weighted by Gasteiger charge is 2.33. The fourth-order valence-electron chi connectivity index (χ4n) is 2.20. The molecule has 3 amide bonds. The molecule has 2 aliphatic heterocycles. The van der Waals surface area contributed by atoms with Crippen LogP contribution < -0.4 is 0 Å². The van der Waals surface area contributed by atoms with Gasteiger partial charge in [0.15, 0.2) is 0 Å². The average Bonchev–Trinajstić information content (AvgIpc) is 3.08. The second kappa shape index (κ2) is 8.70. The van der Waals surface area contributed by atoms with E-state index in [0.29, 0.717) is 17.2 Å². The van der Waals surface area contributed by atoms with Gasteiger partial charge in [0.2, 0.25) is 0 Å². The molecule has 1 unspecified atom stereocenters. The highest BCUT2D eigenvalue weighted by molar-refractivity contribution is 7.85. The van der Waals surface area contributed by atoms with Crippen LogP contribution in [0.3, 0.4) is 0 Å². The van der Waals surface area contributed by atoms with Crippen LogP contribution in [0.4, 0.5) is 0 Å². The Morgan fingerprint density at radius 2 is 1.27 bits per heavy atom. The maximum absolute atomic E-state index is 11.8. The topological polar surface area (TPSA) is 127 Å². The number of allylic oxidation sites excluding steroid dienone is 1. The zero-order valence-electron chi connectivity index (χ0n) is 13.9. The third-order valence-electron chi connectivity index (χ3n) is 3.60. The number of imide groups is 1. The Balaban J connectivity index is 1.65. The van der Waals surface area contributed by atoms with Crippen LogP contribution in [0.25, 0.3) is 0 Å². The van der Waals surface area contributed by atoms with Gasteiger partial charge in [0.1, 0.15) is 0 Å². The smallest absolute Gasteiger partial charge is 0.333 e. The molecule has 26 heavy (non-hydrogen) atoms. The number of hydrogen-bond acceptors (Lipinski definition) is 8. The van der Waals surface area contributed by atoms with E-state index in [2.05, 4.69) is 11.4 Å². The Morgan fingerprint density at radius 1 is 0.846 bits per heavy atom. The van der Waals surface area contributed by atoms with Crippen LogP contribution in [-0.2, 0) is 44.4 Å². The van der Waals surface area contributed by atoms with Crippen molar-refractivity contribution >= 4 is 40.5 Å². The molecule has 2 fully saturated rings.